The van der Waals surface area contributed by atoms with E-state index in [2.05, 4.69) is 34.6 Å². The van der Waals surface area contributed by atoms with E-state index in [1.807, 2.05) is 0 Å². The van der Waals surface area contributed by atoms with Crippen LogP contribution in [0.1, 0.15) is 53.9 Å². The zero-order valence-electron chi connectivity index (χ0n) is 9.35. The van der Waals surface area contributed by atoms with E-state index in [1.165, 1.54) is 19.3 Å². The highest BCUT2D eigenvalue weighted by atomic mass is 14.7. The quantitative estimate of drug-likeness (QED) is 0.675. The van der Waals surface area contributed by atoms with E-state index in [-0.39, 0.29) is 0 Å². The Kier molecular flexibility index (Phi) is 4.84. The van der Waals surface area contributed by atoms with Gasteiger partial charge in [-0.2, -0.15) is 0 Å². The van der Waals surface area contributed by atoms with Crippen molar-refractivity contribution in [2.24, 2.45) is 17.1 Å². The average Bonchev–Trinajstić information content (AvgIpc) is 2.03. The van der Waals surface area contributed by atoms with Gasteiger partial charge >= 0.3 is 0 Å². The van der Waals surface area contributed by atoms with Crippen molar-refractivity contribution in [1.82, 2.24) is 0 Å². The van der Waals surface area contributed by atoms with Crippen LogP contribution in [0, 0.1) is 11.3 Å². The summed E-state index contributed by atoms with van der Waals surface area (Å²) in [5.41, 5.74) is 6.54. The van der Waals surface area contributed by atoms with Crippen LogP contribution in [-0.2, 0) is 0 Å². The van der Waals surface area contributed by atoms with Crippen molar-refractivity contribution in [3.63, 3.8) is 0 Å². The molecule has 2 N–H and O–H groups in total. The molecule has 1 nitrogen and oxygen atoms in total. The van der Waals surface area contributed by atoms with Crippen LogP contribution in [-0.4, -0.2) is 6.04 Å². The first kappa shape index (κ1) is 12.0. The van der Waals surface area contributed by atoms with Gasteiger partial charge < -0.3 is 5.73 Å². The van der Waals surface area contributed by atoms with E-state index in [9.17, 15) is 0 Å². The van der Waals surface area contributed by atoms with Crippen molar-refractivity contribution in [2.75, 3.05) is 0 Å². The van der Waals surface area contributed by atoms with Crippen molar-refractivity contribution in [3.05, 3.63) is 0 Å². The van der Waals surface area contributed by atoms with Crippen molar-refractivity contribution >= 4 is 0 Å². The topological polar surface area (TPSA) is 26.0 Å². The third-order valence-electron chi connectivity index (χ3n) is 3.15. The lowest BCUT2D eigenvalue weighted by atomic mass is 9.72. The molecule has 0 aromatic carbocycles. The molecule has 1 heteroatoms. The first-order valence-corrected chi connectivity index (χ1v) is 5.23. The smallest absolute Gasteiger partial charge is 0.0116 e. The van der Waals surface area contributed by atoms with E-state index in [1.54, 1.807) is 0 Å². The lowest BCUT2D eigenvalue weighted by Gasteiger charge is -2.37. The van der Waals surface area contributed by atoms with Gasteiger partial charge in [-0.25, -0.2) is 0 Å². The summed E-state index contributed by atoms with van der Waals surface area (Å²) in [5.74, 6) is 0.599. The van der Waals surface area contributed by atoms with Crippen LogP contribution < -0.4 is 5.73 Å². The molecule has 0 aromatic heterocycles. The van der Waals surface area contributed by atoms with E-state index in [0.717, 1.165) is 0 Å². The molecule has 0 saturated carbocycles. The molecule has 0 aliphatic rings. The molecule has 1 unspecified atom stereocenters. The second-order valence-corrected chi connectivity index (χ2v) is 4.53. The molecule has 0 rings (SSSR count). The highest BCUT2D eigenvalue weighted by Crippen LogP contribution is 2.33. The Morgan fingerprint density at radius 3 is 2.00 bits per heavy atom. The molecule has 0 spiro atoms. The summed E-state index contributed by atoms with van der Waals surface area (Å²) >= 11 is 0. The summed E-state index contributed by atoms with van der Waals surface area (Å²) in [6.07, 6.45) is 3.69. The second-order valence-electron chi connectivity index (χ2n) is 4.53. The van der Waals surface area contributed by atoms with Crippen molar-refractivity contribution in [3.8, 4) is 0 Å². The number of rotatable bonds is 5. The van der Waals surface area contributed by atoms with Gasteiger partial charge in [-0.3, -0.25) is 0 Å². The van der Waals surface area contributed by atoms with Crippen LogP contribution in [0.5, 0.6) is 0 Å². The van der Waals surface area contributed by atoms with Crippen LogP contribution in [0.15, 0.2) is 0 Å². The third kappa shape index (κ3) is 2.78. The molecular formula is C11H25N. The monoisotopic (exact) mass is 171 g/mol. The Labute approximate surface area is 77.7 Å². The van der Waals surface area contributed by atoms with Crippen LogP contribution in [0.2, 0.25) is 0 Å². The molecular weight excluding hydrogens is 146 g/mol. The Morgan fingerprint density at radius 1 is 1.25 bits per heavy atom. The Morgan fingerprint density at radius 2 is 1.75 bits per heavy atom. The minimum Gasteiger partial charge on any atom is -0.327 e. The van der Waals surface area contributed by atoms with Crippen molar-refractivity contribution < 1.29 is 0 Å². The van der Waals surface area contributed by atoms with Crippen molar-refractivity contribution in [1.29, 1.82) is 0 Å². The van der Waals surface area contributed by atoms with E-state index in [4.69, 9.17) is 5.73 Å². The van der Waals surface area contributed by atoms with Crippen LogP contribution in [0.4, 0.5) is 0 Å². The van der Waals surface area contributed by atoms with Gasteiger partial charge in [0.1, 0.15) is 0 Å². The summed E-state index contributed by atoms with van der Waals surface area (Å²) in [6, 6.07) is 0.349. The Balaban J connectivity index is 4.28. The molecule has 2 atom stereocenters. The van der Waals surface area contributed by atoms with E-state index >= 15 is 0 Å². The van der Waals surface area contributed by atoms with E-state index < -0.39 is 0 Å². The molecule has 0 bridgehead atoms. The van der Waals surface area contributed by atoms with Gasteiger partial charge in [-0.05, 0) is 24.2 Å². The molecule has 0 saturated heterocycles. The fourth-order valence-electron chi connectivity index (χ4n) is 1.95. The molecule has 74 valence electrons. The Hall–Kier alpha value is -0.0400. The molecule has 0 radical (unpaired) electrons. The highest BCUT2D eigenvalue weighted by molar-refractivity contribution is 4.85. The first-order valence-electron chi connectivity index (χ1n) is 5.23. The molecule has 0 aliphatic carbocycles. The van der Waals surface area contributed by atoms with Crippen LogP contribution >= 0.6 is 0 Å². The molecule has 0 aromatic rings. The third-order valence-corrected chi connectivity index (χ3v) is 3.15. The minimum atomic E-state index is 0.349. The zero-order chi connectivity index (χ0) is 9.78. The molecule has 0 aliphatic heterocycles. The SMILES string of the molecule is CCCC(C)(CC)[C@@H](N)C(C)C. The van der Waals surface area contributed by atoms with Crippen molar-refractivity contribution in [2.45, 2.75) is 59.9 Å². The van der Waals surface area contributed by atoms with Crippen LogP contribution in [0.25, 0.3) is 0 Å². The minimum absolute atomic E-state index is 0.349. The lowest BCUT2D eigenvalue weighted by Crippen LogP contribution is -2.43. The summed E-state index contributed by atoms with van der Waals surface area (Å²) < 4.78 is 0. The van der Waals surface area contributed by atoms with Gasteiger partial charge in [0.25, 0.3) is 0 Å². The van der Waals surface area contributed by atoms with Gasteiger partial charge in [0, 0.05) is 6.04 Å². The summed E-state index contributed by atoms with van der Waals surface area (Å²) in [4.78, 5) is 0. The highest BCUT2D eigenvalue weighted by Gasteiger charge is 2.30. The summed E-state index contributed by atoms with van der Waals surface area (Å²) in [6.45, 7) is 11.2. The number of nitrogens with two attached hydrogens (primary N) is 1. The summed E-state index contributed by atoms with van der Waals surface area (Å²) in [5, 5.41) is 0. The fraction of sp³-hybridized carbons (Fsp3) is 1.00. The second kappa shape index (κ2) is 4.86. The maximum Gasteiger partial charge on any atom is 0.0116 e. The lowest BCUT2D eigenvalue weighted by molar-refractivity contribution is 0.181. The average molecular weight is 171 g/mol. The maximum atomic E-state index is 6.19. The number of hydrogen-bond acceptors (Lipinski definition) is 1. The van der Waals surface area contributed by atoms with Gasteiger partial charge in [0.05, 0.1) is 0 Å². The Bertz CT molecular complexity index is 120. The molecule has 12 heavy (non-hydrogen) atoms. The number of hydrogen-bond donors (Lipinski definition) is 1. The van der Waals surface area contributed by atoms with Gasteiger partial charge in [-0.15, -0.1) is 0 Å². The van der Waals surface area contributed by atoms with E-state index in [0.29, 0.717) is 17.4 Å². The first-order chi connectivity index (χ1) is 5.48. The zero-order valence-corrected chi connectivity index (χ0v) is 9.35. The molecule has 0 heterocycles. The summed E-state index contributed by atoms with van der Waals surface area (Å²) in [7, 11) is 0. The predicted octanol–water partition coefficient (Wildman–Crippen LogP) is 3.19. The van der Waals surface area contributed by atoms with Gasteiger partial charge in [0.15, 0.2) is 0 Å². The molecule has 0 fully saturated rings. The fourth-order valence-corrected chi connectivity index (χ4v) is 1.95. The molecule has 0 amide bonds. The van der Waals surface area contributed by atoms with Crippen LogP contribution in [0.3, 0.4) is 0 Å². The standard InChI is InChI=1S/C11H25N/c1-6-8-11(5,7-2)10(12)9(3)4/h9-10H,6-8,12H2,1-5H3/t10-,11?/m0/s1. The largest absolute Gasteiger partial charge is 0.327 e. The van der Waals surface area contributed by atoms with Gasteiger partial charge in [-0.1, -0.05) is 41.0 Å². The van der Waals surface area contributed by atoms with Gasteiger partial charge in [0.2, 0.25) is 0 Å². The predicted molar refractivity (Wildman–Crippen MR) is 56.1 cm³/mol. The maximum absolute atomic E-state index is 6.19. The normalized spacial score (nSPS) is 19.2.